The zero-order valence-electron chi connectivity index (χ0n) is 17.0. The van der Waals surface area contributed by atoms with Crippen LogP contribution in [-0.2, 0) is 0 Å². The summed E-state index contributed by atoms with van der Waals surface area (Å²) in [5, 5.41) is 31.0. The largest absolute Gasteiger partial charge is 0.396 e. The Morgan fingerprint density at radius 3 is 2.46 bits per heavy atom. The van der Waals surface area contributed by atoms with Crippen LogP contribution in [-0.4, -0.2) is 34.1 Å². The second-order valence-electron chi connectivity index (χ2n) is 10.9. The molecule has 3 heteroatoms. The van der Waals surface area contributed by atoms with E-state index in [1.54, 1.807) is 0 Å². The molecule has 3 N–H and O–H groups in total. The van der Waals surface area contributed by atoms with Crippen molar-refractivity contribution in [2.75, 3.05) is 6.61 Å². The van der Waals surface area contributed by atoms with Crippen molar-refractivity contribution in [3.8, 4) is 0 Å². The Morgan fingerprint density at radius 1 is 0.962 bits per heavy atom. The van der Waals surface area contributed by atoms with Gasteiger partial charge in [-0.3, -0.25) is 0 Å². The molecule has 3 nitrogen and oxygen atoms in total. The number of rotatable bonds is 3. The highest BCUT2D eigenvalue weighted by Crippen LogP contribution is 2.68. The number of hydrogen-bond acceptors (Lipinski definition) is 3. The van der Waals surface area contributed by atoms with Crippen LogP contribution in [0.4, 0.5) is 0 Å². The van der Waals surface area contributed by atoms with Crippen molar-refractivity contribution >= 4 is 0 Å². The van der Waals surface area contributed by atoms with Gasteiger partial charge in [-0.05, 0) is 104 Å². The first-order valence-electron chi connectivity index (χ1n) is 11.3. The summed E-state index contributed by atoms with van der Waals surface area (Å²) in [7, 11) is 0. The van der Waals surface area contributed by atoms with E-state index in [1.165, 1.54) is 25.7 Å². The molecule has 0 saturated heterocycles. The maximum atomic E-state index is 11.4. The summed E-state index contributed by atoms with van der Waals surface area (Å²) in [4.78, 5) is 0. The predicted octanol–water partition coefficient (Wildman–Crippen LogP) is 4.00. The zero-order valence-corrected chi connectivity index (χ0v) is 17.0. The van der Waals surface area contributed by atoms with Crippen LogP contribution >= 0.6 is 0 Å². The molecule has 26 heavy (non-hydrogen) atoms. The van der Waals surface area contributed by atoms with Crippen LogP contribution in [0, 0.1) is 46.3 Å². The second-order valence-corrected chi connectivity index (χ2v) is 10.9. The highest BCUT2D eigenvalue weighted by Gasteiger charge is 2.63. The average molecular weight is 365 g/mol. The molecule has 0 aliphatic heterocycles. The van der Waals surface area contributed by atoms with Crippen molar-refractivity contribution in [2.24, 2.45) is 46.3 Å². The second kappa shape index (κ2) is 6.74. The predicted molar refractivity (Wildman–Crippen MR) is 103 cm³/mol. The lowest BCUT2D eigenvalue weighted by Gasteiger charge is -2.62. The maximum absolute atomic E-state index is 11.4. The van der Waals surface area contributed by atoms with E-state index in [0.717, 1.165) is 38.0 Å². The van der Waals surface area contributed by atoms with E-state index in [0.29, 0.717) is 35.0 Å². The Bertz CT molecular complexity index is 522. The Balaban J connectivity index is 1.61. The van der Waals surface area contributed by atoms with Crippen LogP contribution < -0.4 is 0 Å². The van der Waals surface area contributed by atoms with Gasteiger partial charge in [-0.15, -0.1) is 0 Å². The highest BCUT2D eigenvalue weighted by molar-refractivity contribution is 5.12. The quantitative estimate of drug-likeness (QED) is 0.709. The molecular formula is C23H40O3. The van der Waals surface area contributed by atoms with E-state index in [9.17, 15) is 15.3 Å². The van der Waals surface area contributed by atoms with Crippen molar-refractivity contribution in [3.63, 3.8) is 0 Å². The van der Waals surface area contributed by atoms with E-state index in [1.807, 2.05) is 0 Å². The van der Waals surface area contributed by atoms with Gasteiger partial charge in [-0.2, -0.15) is 0 Å². The van der Waals surface area contributed by atoms with Crippen molar-refractivity contribution < 1.29 is 15.3 Å². The van der Waals surface area contributed by atoms with Crippen LogP contribution in [0.3, 0.4) is 0 Å². The summed E-state index contributed by atoms with van der Waals surface area (Å²) in [5.74, 6) is 3.73. The van der Waals surface area contributed by atoms with Gasteiger partial charge >= 0.3 is 0 Å². The molecular weight excluding hydrogens is 324 g/mol. The van der Waals surface area contributed by atoms with Crippen LogP contribution in [0.2, 0.25) is 0 Å². The van der Waals surface area contributed by atoms with Crippen LogP contribution in [0.25, 0.3) is 0 Å². The highest BCUT2D eigenvalue weighted by atomic mass is 16.3. The fourth-order valence-electron chi connectivity index (χ4n) is 8.56. The monoisotopic (exact) mass is 364 g/mol. The molecule has 0 aromatic rings. The van der Waals surface area contributed by atoms with Crippen LogP contribution in [0.5, 0.6) is 0 Å². The standard InChI is InChI=1S/C23H40O3/c1-14(9-11-24)18-6-7-19-17-5-4-15-12-16(25)8-10-22(15,2)20(17)13-21(26)23(18,19)3/h14-21,24-26H,4-13H2,1-3H3/t14?,15?,16-,17?,18?,19?,20?,21+,22+,23-/m1/s1. The van der Waals surface area contributed by atoms with Crippen molar-refractivity contribution in [1.29, 1.82) is 0 Å². The Kier molecular flexibility index (Phi) is 4.98. The van der Waals surface area contributed by atoms with Gasteiger partial charge in [0.2, 0.25) is 0 Å². The van der Waals surface area contributed by atoms with Gasteiger partial charge in [-0.25, -0.2) is 0 Å². The van der Waals surface area contributed by atoms with Gasteiger partial charge in [0.15, 0.2) is 0 Å². The van der Waals surface area contributed by atoms with Crippen molar-refractivity contribution in [2.45, 2.75) is 90.8 Å². The molecule has 0 bridgehead atoms. The Morgan fingerprint density at radius 2 is 1.73 bits per heavy atom. The first-order valence-corrected chi connectivity index (χ1v) is 11.3. The Hall–Kier alpha value is -0.120. The third-order valence-electron chi connectivity index (χ3n) is 10.1. The number of hydrogen-bond donors (Lipinski definition) is 3. The minimum Gasteiger partial charge on any atom is -0.396 e. The van der Waals surface area contributed by atoms with E-state index < -0.39 is 0 Å². The van der Waals surface area contributed by atoms with Gasteiger partial charge in [0.25, 0.3) is 0 Å². The van der Waals surface area contributed by atoms with E-state index in [-0.39, 0.29) is 24.2 Å². The lowest BCUT2D eigenvalue weighted by atomic mass is 9.43. The Labute approximate surface area is 159 Å². The van der Waals surface area contributed by atoms with E-state index in [2.05, 4.69) is 20.8 Å². The molecule has 6 unspecified atom stereocenters. The minimum absolute atomic E-state index is 0.0349. The molecule has 4 aliphatic rings. The topological polar surface area (TPSA) is 60.7 Å². The fourth-order valence-corrected chi connectivity index (χ4v) is 8.56. The summed E-state index contributed by atoms with van der Waals surface area (Å²) in [5.41, 5.74) is 0.354. The van der Waals surface area contributed by atoms with Crippen LogP contribution in [0.15, 0.2) is 0 Å². The molecule has 4 fully saturated rings. The molecule has 10 atom stereocenters. The number of fused-ring (bicyclic) bond motifs is 5. The normalized spacial score (nSPS) is 54.9. The van der Waals surface area contributed by atoms with Gasteiger partial charge < -0.3 is 15.3 Å². The number of aliphatic hydroxyl groups excluding tert-OH is 3. The van der Waals surface area contributed by atoms with Gasteiger partial charge in [0.1, 0.15) is 0 Å². The molecule has 4 saturated carbocycles. The van der Waals surface area contributed by atoms with Crippen LogP contribution in [0.1, 0.15) is 78.6 Å². The molecule has 0 heterocycles. The molecule has 0 spiro atoms. The van der Waals surface area contributed by atoms with Gasteiger partial charge in [0.05, 0.1) is 12.2 Å². The zero-order chi connectivity index (χ0) is 18.7. The maximum Gasteiger partial charge on any atom is 0.0602 e. The molecule has 4 rings (SSSR count). The lowest BCUT2D eigenvalue weighted by Crippen LogP contribution is -2.58. The van der Waals surface area contributed by atoms with E-state index in [4.69, 9.17) is 0 Å². The molecule has 0 amide bonds. The first-order chi connectivity index (χ1) is 12.3. The van der Waals surface area contributed by atoms with Gasteiger partial charge in [0, 0.05) is 6.61 Å². The third-order valence-corrected chi connectivity index (χ3v) is 10.1. The first kappa shape index (κ1) is 19.2. The molecule has 150 valence electrons. The summed E-state index contributed by atoms with van der Waals surface area (Å²) in [6, 6.07) is 0. The lowest BCUT2D eigenvalue weighted by molar-refractivity contribution is -0.175. The SMILES string of the molecule is CC(CCO)C1CCC2C3CCC4C[C@H](O)CC[C@]4(C)C3C[C@H](O)[C@]12C. The summed E-state index contributed by atoms with van der Waals surface area (Å²) >= 11 is 0. The van der Waals surface area contributed by atoms with Crippen molar-refractivity contribution in [3.05, 3.63) is 0 Å². The van der Waals surface area contributed by atoms with Gasteiger partial charge in [-0.1, -0.05) is 20.8 Å². The average Bonchev–Trinajstić information content (AvgIpc) is 2.96. The third kappa shape index (κ3) is 2.63. The van der Waals surface area contributed by atoms with Crippen molar-refractivity contribution in [1.82, 2.24) is 0 Å². The molecule has 4 aliphatic carbocycles. The number of aliphatic hydroxyl groups is 3. The minimum atomic E-state index is -0.204. The van der Waals surface area contributed by atoms with E-state index >= 15 is 0 Å². The summed E-state index contributed by atoms with van der Waals surface area (Å²) in [6.07, 6.45) is 9.65. The fraction of sp³-hybridized carbons (Fsp3) is 1.00. The summed E-state index contributed by atoms with van der Waals surface area (Å²) < 4.78 is 0. The molecule has 0 aromatic heterocycles. The molecule has 0 aromatic carbocycles. The smallest absolute Gasteiger partial charge is 0.0602 e. The molecule has 0 radical (unpaired) electrons. The summed E-state index contributed by atoms with van der Waals surface area (Å²) in [6.45, 7) is 7.41.